The molecule has 2 aliphatic heterocycles. The zero-order valence-corrected chi connectivity index (χ0v) is 20.6. The van der Waals surface area contributed by atoms with Gasteiger partial charge in [-0.1, -0.05) is 27.5 Å². The van der Waals surface area contributed by atoms with Gasteiger partial charge in [-0.3, -0.25) is 0 Å². The van der Waals surface area contributed by atoms with Gasteiger partial charge in [0.25, 0.3) is 0 Å². The Morgan fingerprint density at radius 3 is 2.60 bits per heavy atom. The van der Waals surface area contributed by atoms with Crippen molar-refractivity contribution in [2.24, 2.45) is 5.10 Å². The molecule has 8 heteroatoms. The predicted molar refractivity (Wildman–Crippen MR) is 135 cm³/mol. The zero-order valence-electron chi connectivity index (χ0n) is 18.2. The molecule has 174 valence electrons. The van der Waals surface area contributed by atoms with Crippen molar-refractivity contribution in [2.75, 3.05) is 0 Å². The van der Waals surface area contributed by atoms with Crippen LogP contribution in [0.3, 0.4) is 0 Å². The van der Waals surface area contributed by atoms with Crippen LogP contribution in [0.1, 0.15) is 45.9 Å². The van der Waals surface area contributed by atoms with Crippen molar-refractivity contribution in [3.63, 3.8) is 0 Å². The SMILES string of the molecule is O=C(Oc1ccc([C@@H]2Oc3ccc(Cl)cc3[C@H]3CC(c4ccco4)=NN32)cc1)c1ccc(Br)cc1. The summed E-state index contributed by atoms with van der Waals surface area (Å²) in [7, 11) is 0. The van der Waals surface area contributed by atoms with Gasteiger partial charge in [0.15, 0.2) is 0 Å². The predicted octanol–water partition coefficient (Wildman–Crippen LogP) is 7.16. The van der Waals surface area contributed by atoms with Crippen LogP contribution in [-0.4, -0.2) is 16.7 Å². The largest absolute Gasteiger partial charge is 0.464 e. The van der Waals surface area contributed by atoms with Gasteiger partial charge in [0.1, 0.15) is 23.0 Å². The zero-order chi connectivity index (χ0) is 23.9. The summed E-state index contributed by atoms with van der Waals surface area (Å²) in [4.78, 5) is 12.5. The van der Waals surface area contributed by atoms with Crippen LogP contribution in [0.2, 0.25) is 5.02 Å². The van der Waals surface area contributed by atoms with Gasteiger partial charge in [-0.05, 0) is 78.9 Å². The second-order valence-corrected chi connectivity index (χ2v) is 9.59. The number of rotatable bonds is 4. The summed E-state index contributed by atoms with van der Waals surface area (Å²) in [6.07, 6.45) is 1.85. The first-order valence-electron chi connectivity index (χ1n) is 11.0. The molecule has 3 heterocycles. The topological polar surface area (TPSA) is 64.3 Å². The first-order valence-corrected chi connectivity index (χ1v) is 12.2. The molecule has 0 unspecified atom stereocenters. The molecule has 0 N–H and O–H groups in total. The van der Waals surface area contributed by atoms with Crippen LogP contribution in [0.5, 0.6) is 11.5 Å². The van der Waals surface area contributed by atoms with Gasteiger partial charge in [0, 0.05) is 27.0 Å². The molecule has 0 aliphatic carbocycles. The molecular formula is C27H18BrClN2O4. The van der Waals surface area contributed by atoms with E-state index in [9.17, 15) is 4.79 Å². The average molecular weight is 550 g/mol. The van der Waals surface area contributed by atoms with Gasteiger partial charge in [-0.2, -0.15) is 5.10 Å². The molecule has 2 atom stereocenters. The number of benzene rings is 3. The number of carbonyl (C=O) groups excluding carboxylic acids is 1. The molecule has 1 aromatic heterocycles. The number of hydrogen-bond donors (Lipinski definition) is 0. The monoisotopic (exact) mass is 548 g/mol. The van der Waals surface area contributed by atoms with Crippen molar-refractivity contribution >= 4 is 39.2 Å². The van der Waals surface area contributed by atoms with Crippen molar-refractivity contribution in [2.45, 2.75) is 18.7 Å². The standard InChI is InChI=1S/C27H18BrClN2O4/c28-18-7-3-17(4-8-18)27(32)34-20-10-5-16(6-11-20)26-31-23(15-22(30-31)25-2-1-13-33-25)21-14-19(29)9-12-24(21)35-26/h1-14,23,26H,15H2/t23-,26+/m1/s1. The Hall–Kier alpha value is -3.55. The lowest BCUT2D eigenvalue weighted by Gasteiger charge is -2.38. The van der Waals surface area contributed by atoms with Crippen molar-refractivity contribution in [1.29, 1.82) is 0 Å². The van der Waals surface area contributed by atoms with Gasteiger partial charge >= 0.3 is 5.97 Å². The average Bonchev–Trinajstić information content (AvgIpc) is 3.55. The van der Waals surface area contributed by atoms with Crippen LogP contribution in [0.25, 0.3) is 0 Å². The number of hydrogen-bond acceptors (Lipinski definition) is 6. The van der Waals surface area contributed by atoms with E-state index < -0.39 is 12.2 Å². The van der Waals surface area contributed by atoms with E-state index >= 15 is 0 Å². The highest BCUT2D eigenvalue weighted by Crippen LogP contribution is 2.48. The number of halogens is 2. The molecule has 35 heavy (non-hydrogen) atoms. The quantitative estimate of drug-likeness (QED) is 0.200. The first-order chi connectivity index (χ1) is 17.0. The fourth-order valence-corrected chi connectivity index (χ4v) is 4.77. The number of furan rings is 1. The van der Waals surface area contributed by atoms with E-state index in [2.05, 4.69) is 15.9 Å². The lowest BCUT2D eigenvalue weighted by molar-refractivity contribution is -0.0190. The van der Waals surface area contributed by atoms with Gasteiger partial charge in [0.2, 0.25) is 6.23 Å². The fourth-order valence-electron chi connectivity index (χ4n) is 4.32. The molecule has 0 bridgehead atoms. The van der Waals surface area contributed by atoms with Gasteiger partial charge < -0.3 is 13.9 Å². The Kier molecular flexibility index (Phi) is 5.59. The third-order valence-corrected chi connectivity index (χ3v) is 6.78. The van der Waals surface area contributed by atoms with E-state index in [0.717, 1.165) is 32.8 Å². The van der Waals surface area contributed by atoms with E-state index in [-0.39, 0.29) is 6.04 Å². The van der Waals surface area contributed by atoms with Crippen molar-refractivity contribution in [3.05, 3.63) is 117 Å². The number of hydrazone groups is 1. The molecular weight excluding hydrogens is 532 g/mol. The molecule has 0 spiro atoms. The van der Waals surface area contributed by atoms with Crippen LogP contribution < -0.4 is 9.47 Å². The normalized spacial score (nSPS) is 18.3. The number of fused-ring (bicyclic) bond motifs is 3. The highest BCUT2D eigenvalue weighted by molar-refractivity contribution is 9.10. The van der Waals surface area contributed by atoms with Crippen LogP contribution in [0.4, 0.5) is 0 Å². The highest BCUT2D eigenvalue weighted by Gasteiger charge is 2.41. The van der Waals surface area contributed by atoms with Gasteiger partial charge in [-0.25, -0.2) is 9.80 Å². The van der Waals surface area contributed by atoms with Crippen LogP contribution in [-0.2, 0) is 0 Å². The van der Waals surface area contributed by atoms with E-state index in [1.54, 1.807) is 42.7 Å². The fraction of sp³-hybridized carbons (Fsp3) is 0.111. The Bertz CT molecular complexity index is 1420. The van der Waals surface area contributed by atoms with Gasteiger partial charge in [-0.15, -0.1) is 0 Å². The van der Waals surface area contributed by atoms with E-state index in [4.69, 9.17) is 30.6 Å². The van der Waals surface area contributed by atoms with E-state index in [1.165, 1.54) is 0 Å². The maximum atomic E-state index is 12.5. The van der Waals surface area contributed by atoms with E-state index in [0.29, 0.717) is 22.8 Å². The number of ether oxygens (including phenoxy) is 2. The molecule has 0 saturated heterocycles. The molecule has 6 nitrogen and oxygen atoms in total. The number of esters is 1. The highest BCUT2D eigenvalue weighted by atomic mass is 79.9. The molecule has 2 aliphatic rings. The Morgan fingerprint density at radius 1 is 1.06 bits per heavy atom. The lowest BCUT2D eigenvalue weighted by Crippen LogP contribution is -2.33. The smallest absolute Gasteiger partial charge is 0.343 e. The minimum atomic E-state index is -0.461. The Morgan fingerprint density at radius 2 is 1.86 bits per heavy atom. The van der Waals surface area contributed by atoms with Crippen molar-refractivity contribution in [1.82, 2.24) is 5.01 Å². The third-order valence-electron chi connectivity index (χ3n) is 6.01. The van der Waals surface area contributed by atoms with Crippen molar-refractivity contribution < 1.29 is 18.7 Å². The summed E-state index contributed by atoms with van der Waals surface area (Å²) in [6, 6.07) is 23.7. The number of carbonyl (C=O) groups is 1. The Balaban J connectivity index is 1.28. The Labute approximate surface area is 214 Å². The van der Waals surface area contributed by atoms with Crippen LogP contribution in [0.15, 0.2) is 99.1 Å². The molecule has 6 rings (SSSR count). The minimum Gasteiger partial charge on any atom is -0.464 e. The third kappa shape index (κ3) is 4.22. The number of nitrogens with zero attached hydrogens (tertiary/aromatic N) is 2. The van der Waals surface area contributed by atoms with Crippen LogP contribution >= 0.6 is 27.5 Å². The molecule has 4 aromatic rings. The van der Waals surface area contributed by atoms with E-state index in [1.807, 2.05) is 47.5 Å². The molecule has 0 radical (unpaired) electrons. The second kappa shape index (κ2) is 8.91. The summed E-state index contributed by atoms with van der Waals surface area (Å²) in [5, 5.41) is 7.45. The summed E-state index contributed by atoms with van der Waals surface area (Å²) < 4.78 is 18.4. The summed E-state index contributed by atoms with van der Waals surface area (Å²) in [5.41, 5.74) is 3.19. The van der Waals surface area contributed by atoms with Crippen LogP contribution in [0, 0.1) is 0 Å². The summed E-state index contributed by atoms with van der Waals surface area (Å²) in [5.74, 6) is 1.53. The maximum Gasteiger partial charge on any atom is 0.343 e. The summed E-state index contributed by atoms with van der Waals surface area (Å²) in [6.45, 7) is 0. The first kappa shape index (κ1) is 21.9. The molecule has 3 aromatic carbocycles. The summed E-state index contributed by atoms with van der Waals surface area (Å²) >= 11 is 9.66. The molecule has 0 fully saturated rings. The molecule has 0 saturated carbocycles. The second-order valence-electron chi connectivity index (χ2n) is 8.24. The maximum absolute atomic E-state index is 12.5. The lowest BCUT2D eigenvalue weighted by atomic mass is 9.97. The minimum absolute atomic E-state index is 0.0440. The molecule has 0 amide bonds. The van der Waals surface area contributed by atoms with Gasteiger partial charge in [0.05, 0.1) is 17.9 Å². The van der Waals surface area contributed by atoms with Crippen molar-refractivity contribution in [3.8, 4) is 11.5 Å².